The van der Waals surface area contributed by atoms with Crippen LogP contribution >= 0.6 is 0 Å². The number of nitrogens with one attached hydrogen (secondary N) is 1. The van der Waals surface area contributed by atoms with Crippen LogP contribution in [0.2, 0.25) is 0 Å². The summed E-state index contributed by atoms with van der Waals surface area (Å²) in [7, 11) is 1.68. The summed E-state index contributed by atoms with van der Waals surface area (Å²) in [4.78, 5) is 2.37. The standard InChI is InChI=1S/C23H26N4O/c1-15-5-6-16(9-15)23-21(14-24)20(13-22(25)26-23)17-10-18(12-19(11-17)28-2)27-7-3-4-8-27/h5-6,10-13,22,26H,3-4,7-9,25H2,1-2H3. The van der Waals surface area contributed by atoms with Gasteiger partial charge in [-0.25, -0.2) is 0 Å². The van der Waals surface area contributed by atoms with Crippen LogP contribution in [0, 0.1) is 11.3 Å². The topological polar surface area (TPSA) is 74.3 Å². The molecule has 1 saturated heterocycles. The SMILES string of the molecule is COc1cc(C2=CC(N)NC(C3=CC=C(C)C3)=C2C#N)cc(N2CCCC2)c1. The van der Waals surface area contributed by atoms with Gasteiger partial charge in [-0.1, -0.05) is 17.7 Å². The number of allylic oxidation sites excluding steroid dienone is 6. The average Bonchev–Trinajstić information content (AvgIpc) is 3.38. The number of nitrogens with zero attached hydrogens (tertiary/aromatic N) is 2. The zero-order valence-electron chi connectivity index (χ0n) is 16.5. The monoisotopic (exact) mass is 374 g/mol. The molecule has 2 heterocycles. The molecule has 0 bridgehead atoms. The molecule has 1 atom stereocenters. The van der Waals surface area contributed by atoms with Crippen molar-refractivity contribution in [1.29, 1.82) is 5.26 Å². The van der Waals surface area contributed by atoms with Gasteiger partial charge in [-0.05, 0) is 55.5 Å². The molecular formula is C23H26N4O. The van der Waals surface area contributed by atoms with Crippen LogP contribution in [0.15, 0.2) is 58.8 Å². The summed E-state index contributed by atoms with van der Waals surface area (Å²) >= 11 is 0. The van der Waals surface area contributed by atoms with E-state index in [0.717, 1.165) is 53.4 Å². The Labute approximate surface area is 166 Å². The quantitative estimate of drug-likeness (QED) is 0.842. The van der Waals surface area contributed by atoms with Gasteiger partial charge < -0.3 is 20.7 Å². The number of dihydropyridines is 1. The van der Waals surface area contributed by atoms with Crippen molar-refractivity contribution in [1.82, 2.24) is 5.32 Å². The second kappa shape index (κ2) is 7.57. The first-order chi connectivity index (χ1) is 13.6. The van der Waals surface area contributed by atoms with Crippen molar-refractivity contribution in [3.8, 4) is 11.8 Å². The van der Waals surface area contributed by atoms with Crippen LogP contribution in [-0.4, -0.2) is 26.4 Å². The minimum Gasteiger partial charge on any atom is -0.497 e. The van der Waals surface area contributed by atoms with Crippen molar-refractivity contribution in [2.24, 2.45) is 5.73 Å². The maximum atomic E-state index is 10.00. The van der Waals surface area contributed by atoms with Gasteiger partial charge in [0, 0.05) is 30.4 Å². The van der Waals surface area contributed by atoms with Gasteiger partial charge in [0.1, 0.15) is 11.8 Å². The molecule has 2 aliphatic heterocycles. The molecule has 4 rings (SSSR count). The first-order valence-electron chi connectivity index (χ1n) is 9.79. The number of ether oxygens (including phenoxy) is 1. The Morgan fingerprint density at radius 1 is 1.21 bits per heavy atom. The number of methoxy groups -OCH3 is 1. The van der Waals surface area contributed by atoms with Crippen LogP contribution in [0.1, 0.15) is 31.7 Å². The van der Waals surface area contributed by atoms with Crippen molar-refractivity contribution in [3.63, 3.8) is 0 Å². The van der Waals surface area contributed by atoms with Crippen molar-refractivity contribution in [2.45, 2.75) is 32.4 Å². The predicted molar refractivity (Wildman–Crippen MR) is 113 cm³/mol. The molecule has 1 unspecified atom stereocenters. The van der Waals surface area contributed by atoms with Gasteiger partial charge in [-0.3, -0.25) is 0 Å². The van der Waals surface area contributed by atoms with E-state index < -0.39 is 0 Å². The van der Waals surface area contributed by atoms with Gasteiger partial charge in [0.2, 0.25) is 0 Å². The molecule has 0 amide bonds. The number of hydrogen-bond acceptors (Lipinski definition) is 5. The first-order valence-corrected chi connectivity index (χ1v) is 9.79. The molecule has 5 nitrogen and oxygen atoms in total. The van der Waals surface area contributed by atoms with Crippen LogP contribution in [0.3, 0.4) is 0 Å². The molecule has 1 aliphatic carbocycles. The lowest BCUT2D eigenvalue weighted by Crippen LogP contribution is -2.38. The molecule has 1 aromatic rings. The average molecular weight is 374 g/mol. The highest BCUT2D eigenvalue weighted by Gasteiger charge is 2.25. The van der Waals surface area contributed by atoms with Crippen molar-refractivity contribution in [3.05, 3.63) is 64.4 Å². The predicted octanol–water partition coefficient (Wildman–Crippen LogP) is 3.62. The highest BCUT2D eigenvalue weighted by Crippen LogP contribution is 2.37. The molecule has 0 spiro atoms. The second-order valence-corrected chi connectivity index (χ2v) is 7.61. The van der Waals surface area contributed by atoms with Gasteiger partial charge in [0.15, 0.2) is 0 Å². The van der Waals surface area contributed by atoms with Crippen molar-refractivity contribution >= 4 is 11.3 Å². The molecular weight excluding hydrogens is 348 g/mol. The Morgan fingerprint density at radius 3 is 2.64 bits per heavy atom. The maximum absolute atomic E-state index is 10.00. The Morgan fingerprint density at radius 2 is 2.00 bits per heavy atom. The lowest BCUT2D eigenvalue weighted by Gasteiger charge is -2.26. The van der Waals surface area contributed by atoms with E-state index >= 15 is 0 Å². The third kappa shape index (κ3) is 3.44. The fourth-order valence-corrected chi connectivity index (χ4v) is 4.14. The number of nitrogens with two attached hydrogens (primary N) is 1. The molecule has 1 aromatic carbocycles. The summed E-state index contributed by atoms with van der Waals surface area (Å²) in [6, 6.07) is 8.63. The molecule has 144 valence electrons. The molecule has 1 fully saturated rings. The first kappa shape index (κ1) is 18.4. The minimum absolute atomic E-state index is 0.342. The van der Waals surface area contributed by atoms with Gasteiger partial charge in [-0.2, -0.15) is 5.26 Å². The summed E-state index contributed by atoms with van der Waals surface area (Å²) in [5.74, 6) is 0.795. The van der Waals surface area contributed by atoms with Gasteiger partial charge in [0.25, 0.3) is 0 Å². The number of nitriles is 1. The highest BCUT2D eigenvalue weighted by molar-refractivity contribution is 5.88. The van der Waals surface area contributed by atoms with Gasteiger partial charge >= 0.3 is 0 Å². The van der Waals surface area contributed by atoms with E-state index in [4.69, 9.17) is 10.5 Å². The van der Waals surface area contributed by atoms with E-state index in [2.05, 4.69) is 47.5 Å². The largest absolute Gasteiger partial charge is 0.497 e. The molecule has 0 radical (unpaired) electrons. The fraction of sp³-hybridized carbons (Fsp3) is 0.348. The van der Waals surface area contributed by atoms with Crippen LogP contribution < -0.4 is 20.7 Å². The summed E-state index contributed by atoms with van der Waals surface area (Å²) in [5, 5.41) is 13.3. The molecule has 5 heteroatoms. The third-order valence-corrected chi connectivity index (χ3v) is 5.56. The molecule has 3 N–H and O–H groups in total. The Kier molecular flexibility index (Phi) is 4.97. The zero-order valence-corrected chi connectivity index (χ0v) is 16.5. The molecule has 3 aliphatic rings. The number of anilines is 1. The molecule has 0 saturated carbocycles. The molecule has 28 heavy (non-hydrogen) atoms. The fourth-order valence-electron chi connectivity index (χ4n) is 4.14. The van der Waals surface area contributed by atoms with Crippen LogP contribution in [0.5, 0.6) is 5.75 Å². The van der Waals surface area contributed by atoms with Crippen LogP contribution in [0.25, 0.3) is 5.57 Å². The second-order valence-electron chi connectivity index (χ2n) is 7.61. The third-order valence-electron chi connectivity index (χ3n) is 5.56. The van der Waals surface area contributed by atoms with E-state index in [1.165, 1.54) is 18.4 Å². The summed E-state index contributed by atoms with van der Waals surface area (Å²) in [5.41, 5.74) is 13.1. The van der Waals surface area contributed by atoms with Crippen molar-refractivity contribution in [2.75, 3.05) is 25.1 Å². The van der Waals surface area contributed by atoms with E-state index in [0.29, 0.717) is 5.57 Å². The summed E-state index contributed by atoms with van der Waals surface area (Å²) in [6.07, 6.45) is 9.01. The zero-order chi connectivity index (χ0) is 19.7. The van der Waals surface area contributed by atoms with Crippen LogP contribution in [-0.2, 0) is 0 Å². The lowest BCUT2D eigenvalue weighted by molar-refractivity contribution is 0.414. The smallest absolute Gasteiger partial charge is 0.121 e. The Balaban J connectivity index is 1.79. The van der Waals surface area contributed by atoms with E-state index in [9.17, 15) is 5.26 Å². The van der Waals surface area contributed by atoms with E-state index in [-0.39, 0.29) is 6.17 Å². The number of hydrogen-bond donors (Lipinski definition) is 2. The minimum atomic E-state index is -0.342. The number of rotatable bonds is 4. The van der Waals surface area contributed by atoms with E-state index in [1.807, 2.05) is 12.1 Å². The Bertz CT molecular complexity index is 955. The van der Waals surface area contributed by atoms with E-state index in [1.54, 1.807) is 7.11 Å². The van der Waals surface area contributed by atoms with Gasteiger partial charge in [0.05, 0.1) is 24.5 Å². The summed E-state index contributed by atoms with van der Waals surface area (Å²) in [6.45, 7) is 4.20. The number of benzene rings is 1. The highest BCUT2D eigenvalue weighted by atomic mass is 16.5. The normalized spacial score (nSPS) is 21.7. The Hall–Kier alpha value is -2.97. The lowest BCUT2D eigenvalue weighted by atomic mass is 9.90. The van der Waals surface area contributed by atoms with Gasteiger partial charge in [-0.15, -0.1) is 0 Å². The summed E-state index contributed by atoms with van der Waals surface area (Å²) < 4.78 is 5.56. The van der Waals surface area contributed by atoms with Crippen molar-refractivity contribution < 1.29 is 4.74 Å². The molecule has 0 aromatic heterocycles. The maximum Gasteiger partial charge on any atom is 0.121 e. The van der Waals surface area contributed by atoms with Crippen LogP contribution in [0.4, 0.5) is 5.69 Å².